The van der Waals surface area contributed by atoms with Crippen LogP contribution in [0, 0.1) is 0 Å². The fraction of sp³-hybridized carbons (Fsp3) is 0.125. The Morgan fingerprint density at radius 1 is 0.955 bits per heavy atom. The number of amides is 2. The first-order valence-electron chi connectivity index (χ1n) is 6.73. The van der Waals surface area contributed by atoms with E-state index in [1.165, 1.54) is 30.3 Å². The van der Waals surface area contributed by atoms with Gasteiger partial charge in [0.15, 0.2) is 0 Å². The molecule has 0 unspecified atom stereocenters. The highest BCUT2D eigenvalue weighted by atomic mass is 16.3. The molecule has 0 spiro atoms. The highest BCUT2D eigenvalue weighted by Gasteiger charge is 2.14. The topological polar surface area (TPSA) is 98.7 Å². The van der Waals surface area contributed by atoms with Crippen molar-refractivity contribution >= 4 is 17.5 Å². The molecule has 6 heteroatoms. The molecule has 22 heavy (non-hydrogen) atoms. The van der Waals surface area contributed by atoms with Gasteiger partial charge in [-0.05, 0) is 31.2 Å². The third-order valence-electron chi connectivity index (χ3n) is 2.99. The molecule has 0 aromatic heterocycles. The van der Waals surface area contributed by atoms with Gasteiger partial charge in [0, 0.05) is 18.3 Å². The summed E-state index contributed by atoms with van der Waals surface area (Å²) in [6.07, 6.45) is 0. The number of nitrogens with one attached hydrogen (secondary N) is 2. The second-order valence-electron chi connectivity index (χ2n) is 4.56. The summed E-state index contributed by atoms with van der Waals surface area (Å²) in [7, 11) is 0. The van der Waals surface area contributed by atoms with Crippen molar-refractivity contribution in [3.8, 4) is 11.5 Å². The zero-order valence-corrected chi connectivity index (χ0v) is 12.0. The van der Waals surface area contributed by atoms with Crippen LogP contribution in [0.25, 0.3) is 0 Å². The molecule has 0 aliphatic heterocycles. The molecular formula is C16H16N2O4. The van der Waals surface area contributed by atoms with E-state index in [1.807, 2.05) is 0 Å². The number of benzene rings is 2. The summed E-state index contributed by atoms with van der Waals surface area (Å²) < 4.78 is 0. The molecular weight excluding hydrogens is 284 g/mol. The maximum atomic E-state index is 12.0. The standard InChI is InChI=1S/C16H16N2O4/c1-2-17-15(21)12-8-7-10(9-14(12)20)18-16(22)11-5-3-4-6-13(11)19/h3-9,19-20H,2H2,1H3,(H,17,21)(H,18,22). The summed E-state index contributed by atoms with van der Waals surface area (Å²) in [5.74, 6) is -1.27. The second-order valence-corrected chi connectivity index (χ2v) is 4.56. The van der Waals surface area contributed by atoms with Crippen molar-refractivity contribution in [2.75, 3.05) is 11.9 Å². The van der Waals surface area contributed by atoms with Crippen molar-refractivity contribution in [3.63, 3.8) is 0 Å². The van der Waals surface area contributed by atoms with E-state index in [-0.39, 0.29) is 22.6 Å². The Labute approximate surface area is 127 Å². The number of hydrogen-bond donors (Lipinski definition) is 4. The fourth-order valence-electron chi connectivity index (χ4n) is 1.92. The van der Waals surface area contributed by atoms with Gasteiger partial charge >= 0.3 is 0 Å². The van der Waals surface area contributed by atoms with Crippen molar-refractivity contribution in [1.82, 2.24) is 5.32 Å². The molecule has 0 saturated carbocycles. The molecule has 2 aromatic carbocycles. The van der Waals surface area contributed by atoms with Gasteiger partial charge in [-0.15, -0.1) is 0 Å². The quantitative estimate of drug-likeness (QED) is 0.695. The van der Waals surface area contributed by atoms with Crippen LogP contribution in [-0.2, 0) is 0 Å². The molecule has 0 saturated heterocycles. The number of rotatable bonds is 4. The first kappa shape index (κ1) is 15.4. The lowest BCUT2D eigenvalue weighted by atomic mass is 10.1. The Kier molecular flexibility index (Phi) is 4.63. The molecule has 0 fully saturated rings. The molecule has 2 aromatic rings. The zero-order chi connectivity index (χ0) is 16.1. The van der Waals surface area contributed by atoms with Gasteiger partial charge in [0.1, 0.15) is 11.5 Å². The SMILES string of the molecule is CCNC(=O)c1ccc(NC(=O)c2ccccc2O)cc1O. The van der Waals surface area contributed by atoms with Crippen molar-refractivity contribution in [2.24, 2.45) is 0 Å². The summed E-state index contributed by atoms with van der Waals surface area (Å²) in [5, 5.41) is 24.6. The predicted molar refractivity (Wildman–Crippen MR) is 82.2 cm³/mol. The maximum Gasteiger partial charge on any atom is 0.259 e. The van der Waals surface area contributed by atoms with Crippen molar-refractivity contribution in [3.05, 3.63) is 53.6 Å². The smallest absolute Gasteiger partial charge is 0.259 e. The molecule has 2 rings (SSSR count). The highest BCUT2D eigenvalue weighted by molar-refractivity contribution is 6.06. The number of carbonyl (C=O) groups is 2. The minimum atomic E-state index is -0.511. The van der Waals surface area contributed by atoms with Crippen molar-refractivity contribution in [2.45, 2.75) is 6.92 Å². The van der Waals surface area contributed by atoms with Gasteiger partial charge in [-0.1, -0.05) is 12.1 Å². The van der Waals surface area contributed by atoms with Crippen LogP contribution in [0.4, 0.5) is 5.69 Å². The van der Waals surface area contributed by atoms with Gasteiger partial charge in [0.2, 0.25) is 0 Å². The second kappa shape index (κ2) is 6.62. The number of para-hydroxylation sites is 1. The van der Waals surface area contributed by atoms with E-state index in [9.17, 15) is 19.8 Å². The van der Waals surface area contributed by atoms with Crippen LogP contribution in [0.15, 0.2) is 42.5 Å². The van der Waals surface area contributed by atoms with Crippen LogP contribution < -0.4 is 10.6 Å². The lowest BCUT2D eigenvalue weighted by molar-refractivity contribution is 0.0952. The molecule has 0 bridgehead atoms. The molecule has 2 amide bonds. The number of phenols is 2. The van der Waals surface area contributed by atoms with E-state index < -0.39 is 11.8 Å². The molecule has 4 N–H and O–H groups in total. The summed E-state index contributed by atoms with van der Waals surface area (Å²) in [6, 6.07) is 10.3. The number of carbonyl (C=O) groups excluding carboxylic acids is 2. The Hall–Kier alpha value is -3.02. The first-order chi connectivity index (χ1) is 10.5. The van der Waals surface area contributed by atoms with E-state index in [4.69, 9.17) is 0 Å². The number of aromatic hydroxyl groups is 2. The lowest BCUT2D eigenvalue weighted by Gasteiger charge is -2.09. The minimum Gasteiger partial charge on any atom is -0.507 e. The third kappa shape index (κ3) is 3.35. The summed E-state index contributed by atoms with van der Waals surface area (Å²) in [5.41, 5.74) is 0.566. The zero-order valence-electron chi connectivity index (χ0n) is 12.0. The Balaban J connectivity index is 2.18. The van der Waals surface area contributed by atoms with E-state index in [0.29, 0.717) is 12.2 Å². The third-order valence-corrected chi connectivity index (χ3v) is 2.99. The summed E-state index contributed by atoms with van der Waals surface area (Å²) in [4.78, 5) is 23.7. The molecule has 0 aliphatic carbocycles. The average molecular weight is 300 g/mol. The van der Waals surface area contributed by atoms with E-state index in [1.54, 1.807) is 19.1 Å². The molecule has 0 radical (unpaired) electrons. The monoisotopic (exact) mass is 300 g/mol. The molecule has 0 aliphatic rings. The summed E-state index contributed by atoms with van der Waals surface area (Å²) in [6.45, 7) is 2.22. The number of anilines is 1. The maximum absolute atomic E-state index is 12.0. The summed E-state index contributed by atoms with van der Waals surface area (Å²) >= 11 is 0. The van der Waals surface area contributed by atoms with Gasteiger partial charge in [0.05, 0.1) is 11.1 Å². The lowest BCUT2D eigenvalue weighted by Crippen LogP contribution is -2.22. The number of phenolic OH excluding ortho intramolecular Hbond substituents is 2. The molecule has 0 atom stereocenters. The van der Waals surface area contributed by atoms with Crippen LogP contribution in [0.5, 0.6) is 11.5 Å². The highest BCUT2D eigenvalue weighted by Crippen LogP contribution is 2.23. The van der Waals surface area contributed by atoms with Gasteiger partial charge < -0.3 is 20.8 Å². The molecule has 114 valence electrons. The van der Waals surface area contributed by atoms with Crippen LogP contribution in [0.1, 0.15) is 27.6 Å². The average Bonchev–Trinajstić information content (AvgIpc) is 2.47. The van der Waals surface area contributed by atoms with Crippen LogP contribution >= 0.6 is 0 Å². The normalized spacial score (nSPS) is 10.0. The largest absolute Gasteiger partial charge is 0.507 e. The first-order valence-corrected chi connectivity index (χ1v) is 6.73. The predicted octanol–water partition coefficient (Wildman–Crippen LogP) is 2.10. The van der Waals surface area contributed by atoms with Crippen LogP contribution in [0.3, 0.4) is 0 Å². The van der Waals surface area contributed by atoms with Crippen LogP contribution in [-0.4, -0.2) is 28.6 Å². The van der Waals surface area contributed by atoms with Crippen molar-refractivity contribution < 1.29 is 19.8 Å². The van der Waals surface area contributed by atoms with E-state index in [2.05, 4.69) is 10.6 Å². The van der Waals surface area contributed by atoms with E-state index in [0.717, 1.165) is 0 Å². The van der Waals surface area contributed by atoms with Gasteiger partial charge in [0.25, 0.3) is 11.8 Å². The Morgan fingerprint density at radius 3 is 2.27 bits per heavy atom. The minimum absolute atomic E-state index is 0.120. The van der Waals surface area contributed by atoms with Gasteiger partial charge in [-0.25, -0.2) is 0 Å². The van der Waals surface area contributed by atoms with Gasteiger partial charge in [-0.2, -0.15) is 0 Å². The van der Waals surface area contributed by atoms with Gasteiger partial charge in [-0.3, -0.25) is 9.59 Å². The van der Waals surface area contributed by atoms with Crippen molar-refractivity contribution in [1.29, 1.82) is 0 Å². The Bertz CT molecular complexity index is 713. The fourth-order valence-corrected chi connectivity index (χ4v) is 1.92. The Morgan fingerprint density at radius 2 is 1.64 bits per heavy atom. The van der Waals surface area contributed by atoms with Crippen LogP contribution in [0.2, 0.25) is 0 Å². The molecule has 0 heterocycles. The molecule has 6 nitrogen and oxygen atoms in total. The van der Waals surface area contributed by atoms with E-state index >= 15 is 0 Å². The number of hydrogen-bond acceptors (Lipinski definition) is 4.